The van der Waals surface area contributed by atoms with E-state index in [1.807, 2.05) is 18.8 Å². The Bertz CT molecular complexity index is 914. The van der Waals surface area contributed by atoms with E-state index >= 15 is 0 Å². The molecule has 0 aliphatic rings. The number of benzene rings is 1. The van der Waals surface area contributed by atoms with Gasteiger partial charge in [-0.05, 0) is 53.5 Å². The van der Waals surface area contributed by atoms with Gasteiger partial charge in [0.25, 0.3) is 0 Å². The Morgan fingerprint density at radius 1 is 1.25 bits per heavy atom. The van der Waals surface area contributed by atoms with Gasteiger partial charge in [-0.1, -0.05) is 12.1 Å². The number of hydrogen-bond acceptors (Lipinski definition) is 5. The third kappa shape index (κ3) is 4.19. The van der Waals surface area contributed by atoms with Gasteiger partial charge in [0.2, 0.25) is 0 Å². The first kappa shape index (κ1) is 17.7. The molecule has 0 saturated carbocycles. The SMILES string of the molecule is CC(C)Oc1ccc(/C=C/c2[nH]c(=O)[nH]c(=O)c2[N+](=O)[O-])cc1Br. The molecule has 0 unspecified atom stereocenters. The molecular weight excluding hydrogens is 382 g/mol. The number of nitro groups is 1. The van der Waals surface area contributed by atoms with E-state index < -0.39 is 21.9 Å². The maximum Gasteiger partial charge on any atom is 0.357 e. The van der Waals surface area contributed by atoms with Crippen molar-refractivity contribution in [2.45, 2.75) is 20.0 Å². The van der Waals surface area contributed by atoms with E-state index in [9.17, 15) is 19.7 Å². The fourth-order valence-electron chi connectivity index (χ4n) is 1.95. The maximum atomic E-state index is 11.5. The summed E-state index contributed by atoms with van der Waals surface area (Å²) in [6, 6.07) is 5.25. The molecule has 2 aromatic rings. The summed E-state index contributed by atoms with van der Waals surface area (Å²) >= 11 is 3.38. The molecule has 0 saturated heterocycles. The van der Waals surface area contributed by atoms with Crippen LogP contribution in [0, 0.1) is 10.1 Å². The zero-order chi connectivity index (χ0) is 17.9. The van der Waals surface area contributed by atoms with Crippen LogP contribution in [0.2, 0.25) is 0 Å². The van der Waals surface area contributed by atoms with Crippen molar-refractivity contribution in [3.05, 3.63) is 64.9 Å². The molecular formula is C15H14BrN3O5. The molecule has 2 N–H and O–H groups in total. The van der Waals surface area contributed by atoms with Crippen molar-refractivity contribution in [3.63, 3.8) is 0 Å². The molecule has 0 fully saturated rings. The molecule has 126 valence electrons. The highest BCUT2D eigenvalue weighted by molar-refractivity contribution is 9.10. The van der Waals surface area contributed by atoms with Crippen LogP contribution in [0.5, 0.6) is 5.75 Å². The molecule has 0 spiro atoms. The van der Waals surface area contributed by atoms with Gasteiger partial charge in [0, 0.05) is 0 Å². The minimum absolute atomic E-state index is 0.0199. The van der Waals surface area contributed by atoms with E-state index in [2.05, 4.69) is 20.9 Å². The van der Waals surface area contributed by atoms with Gasteiger partial charge in [0.1, 0.15) is 11.4 Å². The Labute approximate surface area is 144 Å². The summed E-state index contributed by atoms with van der Waals surface area (Å²) in [5.74, 6) is 0.665. The smallest absolute Gasteiger partial charge is 0.357 e. The Morgan fingerprint density at radius 3 is 2.54 bits per heavy atom. The van der Waals surface area contributed by atoms with Crippen molar-refractivity contribution in [2.75, 3.05) is 0 Å². The fourth-order valence-corrected chi connectivity index (χ4v) is 2.44. The lowest BCUT2D eigenvalue weighted by Gasteiger charge is -2.11. The van der Waals surface area contributed by atoms with Crippen molar-refractivity contribution in [1.82, 2.24) is 9.97 Å². The first-order valence-corrected chi connectivity index (χ1v) is 7.72. The first-order chi connectivity index (χ1) is 11.3. The summed E-state index contributed by atoms with van der Waals surface area (Å²) in [4.78, 5) is 37.0. The van der Waals surface area contributed by atoms with Gasteiger partial charge in [-0.2, -0.15) is 0 Å². The molecule has 0 radical (unpaired) electrons. The predicted molar refractivity (Wildman–Crippen MR) is 93.2 cm³/mol. The molecule has 0 aliphatic carbocycles. The average Bonchev–Trinajstić information content (AvgIpc) is 2.46. The lowest BCUT2D eigenvalue weighted by atomic mass is 10.2. The Morgan fingerprint density at radius 2 is 1.96 bits per heavy atom. The normalized spacial score (nSPS) is 11.2. The lowest BCUT2D eigenvalue weighted by molar-refractivity contribution is -0.386. The zero-order valence-corrected chi connectivity index (χ0v) is 14.4. The molecule has 1 heterocycles. The number of nitrogens with zero attached hydrogens (tertiary/aromatic N) is 1. The van der Waals surface area contributed by atoms with Crippen LogP contribution in [0.4, 0.5) is 5.69 Å². The molecule has 0 aliphatic heterocycles. The van der Waals surface area contributed by atoms with Crippen LogP contribution in [0.25, 0.3) is 12.2 Å². The molecule has 8 nitrogen and oxygen atoms in total. The van der Waals surface area contributed by atoms with Crippen LogP contribution in [-0.2, 0) is 0 Å². The van der Waals surface area contributed by atoms with Gasteiger partial charge < -0.3 is 9.72 Å². The lowest BCUT2D eigenvalue weighted by Crippen LogP contribution is -2.25. The molecule has 24 heavy (non-hydrogen) atoms. The zero-order valence-electron chi connectivity index (χ0n) is 12.8. The van der Waals surface area contributed by atoms with Crippen molar-refractivity contribution >= 4 is 33.8 Å². The molecule has 2 rings (SSSR count). The average molecular weight is 396 g/mol. The van der Waals surface area contributed by atoms with Crippen LogP contribution in [0.3, 0.4) is 0 Å². The largest absolute Gasteiger partial charge is 0.490 e. The van der Waals surface area contributed by atoms with Gasteiger partial charge in [-0.15, -0.1) is 0 Å². The Hall–Kier alpha value is -2.68. The number of nitrogens with one attached hydrogen (secondary N) is 2. The third-order valence-corrected chi connectivity index (χ3v) is 3.51. The molecule has 0 atom stereocenters. The van der Waals surface area contributed by atoms with Crippen LogP contribution in [0.1, 0.15) is 25.1 Å². The highest BCUT2D eigenvalue weighted by Crippen LogP contribution is 2.27. The Kier molecular flexibility index (Phi) is 5.35. The number of aromatic nitrogens is 2. The summed E-state index contributed by atoms with van der Waals surface area (Å²) in [6.07, 6.45) is 2.87. The second kappa shape index (κ2) is 7.26. The van der Waals surface area contributed by atoms with Crippen molar-refractivity contribution in [1.29, 1.82) is 0 Å². The second-order valence-corrected chi connectivity index (χ2v) is 5.97. The summed E-state index contributed by atoms with van der Waals surface area (Å²) < 4.78 is 6.31. The van der Waals surface area contributed by atoms with E-state index in [0.29, 0.717) is 15.8 Å². The monoisotopic (exact) mass is 395 g/mol. The number of ether oxygens (including phenoxy) is 1. The first-order valence-electron chi connectivity index (χ1n) is 6.93. The van der Waals surface area contributed by atoms with E-state index in [-0.39, 0.29) is 11.8 Å². The molecule has 0 bridgehead atoms. The highest BCUT2D eigenvalue weighted by atomic mass is 79.9. The molecule has 9 heteroatoms. The molecule has 0 amide bonds. The summed E-state index contributed by atoms with van der Waals surface area (Å²) in [6.45, 7) is 3.81. The summed E-state index contributed by atoms with van der Waals surface area (Å²) in [5, 5.41) is 11.0. The molecule has 1 aromatic carbocycles. The van der Waals surface area contributed by atoms with Gasteiger partial charge in [0.05, 0.1) is 15.5 Å². The van der Waals surface area contributed by atoms with Crippen LogP contribution in [0.15, 0.2) is 32.3 Å². The van der Waals surface area contributed by atoms with Crippen LogP contribution in [-0.4, -0.2) is 21.0 Å². The van der Waals surface area contributed by atoms with E-state index in [0.717, 1.165) is 0 Å². The maximum absolute atomic E-state index is 11.5. The predicted octanol–water partition coefficient (Wildman–Crippen LogP) is 2.69. The number of halogens is 1. The minimum atomic E-state index is -1.05. The topological polar surface area (TPSA) is 118 Å². The van der Waals surface area contributed by atoms with Crippen molar-refractivity contribution in [3.8, 4) is 5.75 Å². The highest BCUT2D eigenvalue weighted by Gasteiger charge is 2.18. The Balaban J connectivity index is 2.38. The summed E-state index contributed by atoms with van der Waals surface area (Å²) in [5.41, 5.74) is -2.05. The van der Waals surface area contributed by atoms with E-state index in [1.54, 1.807) is 24.3 Å². The van der Waals surface area contributed by atoms with Crippen molar-refractivity contribution in [2.24, 2.45) is 0 Å². The minimum Gasteiger partial charge on any atom is -0.490 e. The number of hydrogen-bond donors (Lipinski definition) is 2. The van der Waals surface area contributed by atoms with Gasteiger partial charge >= 0.3 is 16.9 Å². The van der Waals surface area contributed by atoms with Gasteiger partial charge in [0.15, 0.2) is 0 Å². The third-order valence-electron chi connectivity index (χ3n) is 2.89. The van der Waals surface area contributed by atoms with E-state index in [4.69, 9.17) is 4.74 Å². The number of aromatic amines is 2. The van der Waals surface area contributed by atoms with Crippen molar-refractivity contribution < 1.29 is 9.66 Å². The number of rotatable bonds is 5. The second-order valence-electron chi connectivity index (χ2n) is 5.12. The standard InChI is InChI=1S/C15H14BrN3O5/c1-8(2)24-12-6-4-9(7-10(12)16)3-5-11-13(19(22)23)14(20)18-15(21)17-11/h3-8H,1-2H3,(H2,17,18,20,21)/b5-3+. The van der Waals surface area contributed by atoms with Gasteiger partial charge in [-0.25, -0.2) is 4.79 Å². The van der Waals surface area contributed by atoms with Gasteiger partial charge in [-0.3, -0.25) is 19.9 Å². The van der Waals surface area contributed by atoms with Crippen LogP contribution >= 0.6 is 15.9 Å². The summed E-state index contributed by atoms with van der Waals surface area (Å²) in [7, 11) is 0. The van der Waals surface area contributed by atoms with Crippen LogP contribution < -0.4 is 16.0 Å². The van der Waals surface area contributed by atoms with E-state index in [1.165, 1.54) is 6.08 Å². The number of H-pyrrole nitrogens is 2. The fraction of sp³-hybridized carbons (Fsp3) is 0.200. The quantitative estimate of drug-likeness (QED) is 0.595. The molecule has 1 aromatic heterocycles.